The second-order valence-electron chi connectivity index (χ2n) is 8.97. The fourth-order valence-corrected chi connectivity index (χ4v) is 4.92. The van der Waals surface area contributed by atoms with E-state index in [1.54, 1.807) is 0 Å². The number of primary amides is 1. The Morgan fingerprint density at radius 2 is 1.84 bits per heavy atom. The first-order chi connectivity index (χ1) is 15.4. The van der Waals surface area contributed by atoms with Crippen molar-refractivity contribution >= 4 is 16.9 Å². The summed E-state index contributed by atoms with van der Waals surface area (Å²) in [5.74, 6) is 0.230. The van der Waals surface area contributed by atoms with Gasteiger partial charge in [-0.25, -0.2) is 4.98 Å². The van der Waals surface area contributed by atoms with Crippen molar-refractivity contribution in [3.63, 3.8) is 0 Å². The molecule has 3 heterocycles. The van der Waals surface area contributed by atoms with Gasteiger partial charge >= 0.3 is 0 Å². The van der Waals surface area contributed by atoms with Gasteiger partial charge in [-0.3, -0.25) is 4.79 Å². The molecule has 0 spiro atoms. The predicted molar refractivity (Wildman–Crippen MR) is 130 cm³/mol. The van der Waals surface area contributed by atoms with Gasteiger partial charge in [0, 0.05) is 41.0 Å². The summed E-state index contributed by atoms with van der Waals surface area (Å²) in [5.41, 5.74) is 14.8. The molecule has 162 valence electrons. The number of carbonyl (C=O) groups excluding carboxylic acids is 1. The summed E-state index contributed by atoms with van der Waals surface area (Å²) in [6, 6.07) is 14.9. The van der Waals surface area contributed by atoms with E-state index in [0.717, 1.165) is 45.4 Å². The Morgan fingerprint density at radius 3 is 2.53 bits per heavy atom. The third-order valence-electron chi connectivity index (χ3n) is 6.98. The van der Waals surface area contributed by atoms with Crippen LogP contribution in [0.1, 0.15) is 39.4 Å². The van der Waals surface area contributed by atoms with Crippen LogP contribution in [0.2, 0.25) is 0 Å². The molecule has 1 amide bonds. The van der Waals surface area contributed by atoms with Crippen molar-refractivity contribution in [2.45, 2.75) is 26.2 Å². The standard InChI is InChI=1S/C27H28N4O/c1-16-17(2)23(26(28)32)9-8-22(16)25-14-30-27-24(25)12-21(13-29-27)19-6-4-18(5-7-19)20-10-11-31(3)15-20/h4-9,12-14,20H,10-11,15H2,1-3H3,(H2,28,32)(H,29,30). The van der Waals surface area contributed by atoms with E-state index in [0.29, 0.717) is 11.5 Å². The van der Waals surface area contributed by atoms with Crippen LogP contribution in [-0.4, -0.2) is 40.9 Å². The number of aromatic amines is 1. The molecule has 5 nitrogen and oxygen atoms in total. The molecule has 0 bridgehead atoms. The van der Waals surface area contributed by atoms with E-state index in [9.17, 15) is 4.79 Å². The van der Waals surface area contributed by atoms with Crippen LogP contribution in [0, 0.1) is 13.8 Å². The summed E-state index contributed by atoms with van der Waals surface area (Å²) in [6.45, 7) is 6.28. The van der Waals surface area contributed by atoms with Crippen molar-refractivity contribution in [3.05, 3.63) is 77.1 Å². The number of nitrogens with zero attached hydrogens (tertiary/aromatic N) is 2. The number of amides is 1. The molecule has 32 heavy (non-hydrogen) atoms. The molecular weight excluding hydrogens is 396 g/mol. The van der Waals surface area contributed by atoms with Gasteiger partial charge in [0.05, 0.1) is 0 Å². The number of nitrogens with one attached hydrogen (secondary N) is 1. The number of rotatable bonds is 4. The van der Waals surface area contributed by atoms with Crippen molar-refractivity contribution in [1.82, 2.24) is 14.9 Å². The van der Waals surface area contributed by atoms with Crippen LogP contribution in [0.15, 0.2) is 54.9 Å². The monoisotopic (exact) mass is 424 g/mol. The van der Waals surface area contributed by atoms with Crippen molar-refractivity contribution in [1.29, 1.82) is 0 Å². The lowest BCUT2D eigenvalue weighted by Gasteiger charge is -2.12. The highest BCUT2D eigenvalue weighted by atomic mass is 16.1. The molecular formula is C27H28N4O. The Balaban J connectivity index is 1.52. The zero-order valence-corrected chi connectivity index (χ0v) is 18.8. The van der Waals surface area contributed by atoms with Gasteiger partial charge in [-0.1, -0.05) is 30.3 Å². The van der Waals surface area contributed by atoms with Crippen LogP contribution >= 0.6 is 0 Å². The number of fused-ring (bicyclic) bond motifs is 1. The summed E-state index contributed by atoms with van der Waals surface area (Å²) in [7, 11) is 2.19. The zero-order valence-electron chi connectivity index (χ0n) is 18.8. The van der Waals surface area contributed by atoms with E-state index in [-0.39, 0.29) is 0 Å². The molecule has 2 aromatic heterocycles. The van der Waals surface area contributed by atoms with Crippen molar-refractivity contribution < 1.29 is 4.79 Å². The first kappa shape index (κ1) is 20.5. The number of hydrogen-bond donors (Lipinski definition) is 2. The molecule has 3 N–H and O–H groups in total. The molecule has 1 fully saturated rings. The normalized spacial score (nSPS) is 16.7. The zero-order chi connectivity index (χ0) is 22.4. The highest BCUT2D eigenvalue weighted by Gasteiger charge is 2.21. The molecule has 5 heteroatoms. The van der Waals surface area contributed by atoms with E-state index in [1.165, 1.54) is 24.1 Å². The summed E-state index contributed by atoms with van der Waals surface area (Å²) in [5, 5.41) is 1.07. The Morgan fingerprint density at radius 1 is 1.06 bits per heavy atom. The third kappa shape index (κ3) is 3.49. The van der Waals surface area contributed by atoms with Gasteiger partial charge in [-0.15, -0.1) is 0 Å². The topological polar surface area (TPSA) is 75.0 Å². The van der Waals surface area contributed by atoms with Gasteiger partial charge in [-0.05, 0) is 79.7 Å². The Labute approximate surface area is 188 Å². The number of nitrogens with two attached hydrogens (primary N) is 1. The molecule has 1 atom stereocenters. The number of aromatic nitrogens is 2. The predicted octanol–water partition coefficient (Wildman–Crippen LogP) is 5.03. The van der Waals surface area contributed by atoms with Gasteiger partial charge in [0.15, 0.2) is 0 Å². The third-order valence-corrected chi connectivity index (χ3v) is 6.98. The Kier molecular flexibility index (Phi) is 5.06. The SMILES string of the molecule is Cc1c(C(N)=O)ccc(-c2c[nH]c3ncc(-c4ccc(C5CCN(C)C5)cc4)cc23)c1C. The lowest BCUT2D eigenvalue weighted by atomic mass is 9.92. The first-order valence-corrected chi connectivity index (χ1v) is 11.1. The molecule has 4 aromatic rings. The number of likely N-dealkylation sites (N-methyl/N-ethyl adjacent to an activating group) is 1. The van der Waals surface area contributed by atoms with Crippen molar-refractivity contribution in [2.75, 3.05) is 20.1 Å². The van der Waals surface area contributed by atoms with Gasteiger partial charge in [0.1, 0.15) is 5.65 Å². The molecule has 2 aromatic carbocycles. The van der Waals surface area contributed by atoms with E-state index in [2.05, 4.69) is 52.2 Å². The molecule has 1 saturated heterocycles. The van der Waals surface area contributed by atoms with Crippen LogP contribution in [0.4, 0.5) is 0 Å². The number of likely N-dealkylation sites (tertiary alicyclic amines) is 1. The maximum Gasteiger partial charge on any atom is 0.248 e. The molecule has 1 aliphatic rings. The minimum Gasteiger partial charge on any atom is -0.366 e. The fourth-order valence-electron chi connectivity index (χ4n) is 4.92. The quantitative estimate of drug-likeness (QED) is 0.482. The highest BCUT2D eigenvalue weighted by Crippen LogP contribution is 2.35. The Bertz CT molecular complexity index is 1320. The number of pyridine rings is 1. The van der Waals surface area contributed by atoms with E-state index in [4.69, 9.17) is 5.73 Å². The summed E-state index contributed by atoms with van der Waals surface area (Å²) in [4.78, 5) is 22.1. The smallest absolute Gasteiger partial charge is 0.248 e. The molecule has 5 rings (SSSR count). The highest BCUT2D eigenvalue weighted by molar-refractivity contribution is 5.99. The van der Waals surface area contributed by atoms with Gasteiger partial charge in [0.25, 0.3) is 0 Å². The number of hydrogen-bond acceptors (Lipinski definition) is 3. The van der Waals surface area contributed by atoms with E-state index >= 15 is 0 Å². The van der Waals surface area contributed by atoms with Gasteiger partial charge in [0.2, 0.25) is 5.91 Å². The van der Waals surface area contributed by atoms with Crippen LogP contribution < -0.4 is 5.73 Å². The van der Waals surface area contributed by atoms with Crippen molar-refractivity contribution in [3.8, 4) is 22.3 Å². The van der Waals surface area contributed by atoms with Crippen LogP contribution in [0.5, 0.6) is 0 Å². The molecule has 0 radical (unpaired) electrons. The summed E-state index contributed by atoms with van der Waals surface area (Å²) in [6.07, 6.45) is 5.14. The van der Waals surface area contributed by atoms with Crippen molar-refractivity contribution in [2.24, 2.45) is 5.73 Å². The molecule has 1 unspecified atom stereocenters. The number of H-pyrrole nitrogens is 1. The minimum atomic E-state index is -0.396. The van der Waals surface area contributed by atoms with Gasteiger partial charge < -0.3 is 15.6 Å². The molecule has 0 saturated carbocycles. The lowest BCUT2D eigenvalue weighted by molar-refractivity contribution is 0.0999. The largest absolute Gasteiger partial charge is 0.366 e. The van der Waals surface area contributed by atoms with Gasteiger partial charge in [-0.2, -0.15) is 0 Å². The second kappa shape index (κ2) is 7.92. The van der Waals surface area contributed by atoms with E-state index in [1.807, 2.05) is 38.4 Å². The summed E-state index contributed by atoms with van der Waals surface area (Å²) >= 11 is 0. The number of carbonyl (C=O) groups is 1. The molecule has 0 aliphatic carbocycles. The van der Waals surface area contributed by atoms with E-state index < -0.39 is 5.91 Å². The molecule has 1 aliphatic heterocycles. The fraction of sp³-hybridized carbons (Fsp3) is 0.259. The maximum absolute atomic E-state index is 11.7. The number of benzene rings is 2. The average Bonchev–Trinajstić information content (AvgIpc) is 3.41. The van der Waals surface area contributed by atoms with Crippen LogP contribution in [-0.2, 0) is 0 Å². The lowest BCUT2D eigenvalue weighted by Crippen LogP contribution is -2.13. The minimum absolute atomic E-state index is 0.396. The average molecular weight is 425 g/mol. The summed E-state index contributed by atoms with van der Waals surface area (Å²) < 4.78 is 0. The second-order valence-corrected chi connectivity index (χ2v) is 8.97. The first-order valence-electron chi connectivity index (χ1n) is 11.1. The Hall–Kier alpha value is -3.44. The van der Waals surface area contributed by atoms with Crippen LogP contribution in [0.25, 0.3) is 33.3 Å². The van der Waals surface area contributed by atoms with Crippen LogP contribution in [0.3, 0.4) is 0 Å². The maximum atomic E-state index is 11.7.